The van der Waals surface area contributed by atoms with Crippen molar-refractivity contribution in [1.29, 1.82) is 0 Å². The normalized spacial score (nSPS) is 12.8. The van der Waals surface area contributed by atoms with E-state index in [1.807, 2.05) is 6.92 Å². The maximum Gasteiger partial charge on any atom is 0.258 e. The molecule has 7 nitrogen and oxygen atoms in total. The zero-order valence-electron chi connectivity index (χ0n) is 11.3. The average Bonchev–Trinajstić information content (AvgIpc) is 2.36. The summed E-state index contributed by atoms with van der Waals surface area (Å²) in [5.74, 6) is 0.0945. The summed E-state index contributed by atoms with van der Waals surface area (Å²) in [6.07, 6.45) is 0. The van der Waals surface area contributed by atoms with Crippen LogP contribution in [0.4, 0.5) is 0 Å². The van der Waals surface area contributed by atoms with E-state index in [1.165, 1.54) is 24.3 Å². The van der Waals surface area contributed by atoms with Gasteiger partial charge in [0.2, 0.25) is 10.0 Å². The Hall–Kier alpha value is -1.64. The summed E-state index contributed by atoms with van der Waals surface area (Å²) >= 11 is 0. The van der Waals surface area contributed by atoms with Gasteiger partial charge in [0, 0.05) is 13.2 Å². The first-order valence-corrected chi connectivity index (χ1v) is 7.41. The predicted octanol–water partition coefficient (Wildman–Crippen LogP) is -0.136. The number of nitrogens with one attached hydrogen (secondary N) is 1. The molecule has 1 amide bonds. The Balaban J connectivity index is 2.48. The van der Waals surface area contributed by atoms with Crippen LogP contribution in [0.1, 0.15) is 6.92 Å². The van der Waals surface area contributed by atoms with Crippen molar-refractivity contribution in [3.63, 3.8) is 0 Å². The molecule has 0 saturated heterocycles. The summed E-state index contributed by atoms with van der Waals surface area (Å²) in [6, 6.07) is 5.39. The average molecular weight is 302 g/mol. The molecule has 1 unspecified atom stereocenters. The van der Waals surface area contributed by atoms with Crippen LogP contribution in [0.5, 0.6) is 5.75 Å². The SMILES string of the molecule is COCC(C)NC(=O)COc1ccc(S(N)(=O)=O)cc1. The molecule has 0 aliphatic heterocycles. The molecule has 1 rings (SSSR count). The van der Waals surface area contributed by atoms with Gasteiger partial charge < -0.3 is 14.8 Å². The number of methoxy groups -OCH3 is 1. The highest BCUT2D eigenvalue weighted by Crippen LogP contribution is 2.14. The molecule has 0 heterocycles. The Morgan fingerprint density at radius 2 is 1.95 bits per heavy atom. The third-order valence-corrected chi connectivity index (χ3v) is 3.28. The predicted molar refractivity (Wildman–Crippen MR) is 72.8 cm³/mol. The van der Waals surface area contributed by atoms with Gasteiger partial charge in [-0.05, 0) is 31.2 Å². The van der Waals surface area contributed by atoms with E-state index in [4.69, 9.17) is 14.6 Å². The first-order valence-electron chi connectivity index (χ1n) is 5.87. The van der Waals surface area contributed by atoms with Crippen LogP contribution in [0.25, 0.3) is 0 Å². The maximum absolute atomic E-state index is 11.5. The molecular formula is C12H18N2O5S. The Morgan fingerprint density at radius 3 is 2.45 bits per heavy atom. The summed E-state index contributed by atoms with van der Waals surface area (Å²) in [4.78, 5) is 11.5. The highest BCUT2D eigenvalue weighted by molar-refractivity contribution is 7.89. The minimum absolute atomic E-state index is 0.0111. The van der Waals surface area contributed by atoms with Crippen LogP contribution in [-0.4, -0.2) is 40.7 Å². The van der Waals surface area contributed by atoms with E-state index in [1.54, 1.807) is 7.11 Å². The Morgan fingerprint density at radius 1 is 1.35 bits per heavy atom. The second-order valence-electron chi connectivity index (χ2n) is 4.23. The summed E-state index contributed by atoms with van der Waals surface area (Å²) in [6.45, 7) is 2.06. The van der Waals surface area contributed by atoms with Crippen LogP contribution >= 0.6 is 0 Å². The summed E-state index contributed by atoms with van der Waals surface area (Å²) < 4.78 is 32.2. The van der Waals surface area contributed by atoms with Crippen molar-refractivity contribution in [2.45, 2.75) is 17.9 Å². The van der Waals surface area contributed by atoms with Crippen molar-refractivity contribution < 1.29 is 22.7 Å². The quantitative estimate of drug-likeness (QED) is 0.729. The van der Waals surface area contributed by atoms with Gasteiger partial charge in [0.05, 0.1) is 11.5 Å². The Labute approximate surface area is 118 Å². The lowest BCUT2D eigenvalue weighted by Crippen LogP contribution is -2.38. The van der Waals surface area contributed by atoms with E-state index in [-0.39, 0.29) is 23.5 Å². The lowest BCUT2D eigenvalue weighted by molar-refractivity contribution is -0.124. The third-order valence-electron chi connectivity index (χ3n) is 2.35. The minimum Gasteiger partial charge on any atom is -0.484 e. The van der Waals surface area contributed by atoms with Crippen molar-refractivity contribution in [3.05, 3.63) is 24.3 Å². The number of rotatable bonds is 7. The fraction of sp³-hybridized carbons (Fsp3) is 0.417. The monoisotopic (exact) mass is 302 g/mol. The molecule has 1 aromatic carbocycles. The van der Waals surface area contributed by atoms with Crippen molar-refractivity contribution >= 4 is 15.9 Å². The van der Waals surface area contributed by atoms with E-state index in [9.17, 15) is 13.2 Å². The van der Waals surface area contributed by atoms with Gasteiger partial charge in [-0.25, -0.2) is 13.6 Å². The second kappa shape index (κ2) is 7.22. The van der Waals surface area contributed by atoms with E-state index in [0.717, 1.165) is 0 Å². The van der Waals surface area contributed by atoms with Crippen LogP contribution < -0.4 is 15.2 Å². The zero-order chi connectivity index (χ0) is 15.2. The number of benzene rings is 1. The number of carbonyl (C=O) groups is 1. The molecular weight excluding hydrogens is 284 g/mol. The molecule has 0 fully saturated rings. The van der Waals surface area contributed by atoms with Gasteiger partial charge in [0.1, 0.15) is 5.75 Å². The first-order chi connectivity index (χ1) is 9.32. The Bertz CT molecular complexity index is 541. The first kappa shape index (κ1) is 16.4. The Kier molecular flexibility index (Phi) is 5.93. The van der Waals surface area contributed by atoms with E-state index in [2.05, 4.69) is 5.32 Å². The molecule has 0 aromatic heterocycles. The smallest absolute Gasteiger partial charge is 0.258 e. The molecule has 112 valence electrons. The van der Waals surface area contributed by atoms with Crippen molar-refractivity contribution in [2.75, 3.05) is 20.3 Å². The van der Waals surface area contributed by atoms with Crippen molar-refractivity contribution in [3.8, 4) is 5.75 Å². The van der Waals surface area contributed by atoms with E-state index >= 15 is 0 Å². The lowest BCUT2D eigenvalue weighted by Gasteiger charge is -2.13. The number of primary sulfonamides is 1. The lowest BCUT2D eigenvalue weighted by atomic mass is 10.3. The van der Waals surface area contributed by atoms with Gasteiger partial charge in [-0.3, -0.25) is 4.79 Å². The zero-order valence-corrected chi connectivity index (χ0v) is 12.1. The second-order valence-corrected chi connectivity index (χ2v) is 5.79. The largest absolute Gasteiger partial charge is 0.484 e. The molecule has 1 atom stereocenters. The van der Waals surface area contributed by atoms with Crippen molar-refractivity contribution in [2.24, 2.45) is 5.14 Å². The van der Waals surface area contributed by atoms with E-state index in [0.29, 0.717) is 12.4 Å². The summed E-state index contributed by atoms with van der Waals surface area (Å²) in [5, 5.41) is 7.65. The molecule has 0 bridgehead atoms. The fourth-order valence-corrected chi connectivity index (χ4v) is 2.00. The summed E-state index contributed by atoms with van der Waals surface area (Å²) in [7, 11) is -2.17. The van der Waals surface area contributed by atoms with E-state index < -0.39 is 10.0 Å². The van der Waals surface area contributed by atoms with Gasteiger partial charge in [-0.15, -0.1) is 0 Å². The molecule has 1 aromatic rings. The molecule has 0 aliphatic rings. The highest BCUT2D eigenvalue weighted by Gasteiger charge is 2.09. The molecule has 3 N–H and O–H groups in total. The third kappa shape index (κ3) is 5.55. The number of hydrogen-bond donors (Lipinski definition) is 2. The minimum atomic E-state index is -3.72. The molecule has 8 heteroatoms. The van der Waals surface area contributed by atoms with Crippen LogP contribution in [0.15, 0.2) is 29.2 Å². The number of nitrogens with two attached hydrogens (primary N) is 1. The number of sulfonamides is 1. The number of carbonyl (C=O) groups excluding carboxylic acids is 1. The van der Waals surface area contributed by atoms with Crippen LogP contribution in [0.3, 0.4) is 0 Å². The summed E-state index contributed by atoms with van der Waals surface area (Å²) in [5.41, 5.74) is 0. The van der Waals surface area contributed by atoms with Crippen LogP contribution in [0.2, 0.25) is 0 Å². The number of ether oxygens (including phenoxy) is 2. The van der Waals surface area contributed by atoms with Crippen LogP contribution in [-0.2, 0) is 19.6 Å². The number of hydrogen-bond acceptors (Lipinski definition) is 5. The van der Waals surface area contributed by atoms with Crippen LogP contribution in [0, 0.1) is 0 Å². The molecule has 0 aliphatic carbocycles. The molecule has 0 saturated carbocycles. The van der Waals surface area contributed by atoms with Gasteiger partial charge in [0.15, 0.2) is 6.61 Å². The maximum atomic E-state index is 11.5. The molecule has 20 heavy (non-hydrogen) atoms. The number of amides is 1. The fourth-order valence-electron chi connectivity index (χ4n) is 1.48. The highest BCUT2D eigenvalue weighted by atomic mass is 32.2. The van der Waals surface area contributed by atoms with Gasteiger partial charge in [-0.1, -0.05) is 0 Å². The molecule has 0 radical (unpaired) electrons. The van der Waals surface area contributed by atoms with Gasteiger partial charge in [-0.2, -0.15) is 0 Å². The molecule has 0 spiro atoms. The van der Waals surface area contributed by atoms with Gasteiger partial charge >= 0.3 is 0 Å². The van der Waals surface area contributed by atoms with Crippen molar-refractivity contribution in [1.82, 2.24) is 5.32 Å². The topological polar surface area (TPSA) is 108 Å². The van der Waals surface area contributed by atoms with Gasteiger partial charge in [0.25, 0.3) is 5.91 Å². The standard InChI is InChI=1S/C12H18N2O5S/c1-9(7-18-2)14-12(15)8-19-10-3-5-11(6-4-10)20(13,16)17/h3-6,9H,7-8H2,1-2H3,(H,14,15)(H2,13,16,17).